The minimum Gasteiger partial charge on any atom is -0.348 e. The van der Waals surface area contributed by atoms with Gasteiger partial charge in [0, 0.05) is 24.6 Å². The van der Waals surface area contributed by atoms with E-state index in [9.17, 15) is 9.59 Å². The van der Waals surface area contributed by atoms with Gasteiger partial charge in [0.1, 0.15) is 5.82 Å². The van der Waals surface area contributed by atoms with Crippen LogP contribution in [-0.4, -0.2) is 21.6 Å². The Morgan fingerprint density at radius 1 is 1.00 bits per heavy atom. The van der Waals surface area contributed by atoms with Gasteiger partial charge < -0.3 is 5.32 Å². The Bertz CT molecular complexity index is 1010. The summed E-state index contributed by atoms with van der Waals surface area (Å²) in [5.41, 5.74) is 3.94. The first-order valence-corrected chi connectivity index (χ1v) is 9.91. The molecule has 0 bridgehead atoms. The summed E-state index contributed by atoms with van der Waals surface area (Å²) in [4.78, 5) is 26.5. The third-order valence-electron chi connectivity index (χ3n) is 5.25. The molecule has 1 N–H and O–H groups in total. The zero-order valence-corrected chi connectivity index (χ0v) is 16.5. The fourth-order valence-electron chi connectivity index (χ4n) is 3.48. The normalized spacial score (nSPS) is 13.3. The molecule has 2 amide bonds. The molecule has 2 heterocycles. The molecule has 0 spiro atoms. The first-order valence-electron chi connectivity index (χ1n) is 9.91. The number of anilines is 1. The fourth-order valence-corrected chi connectivity index (χ4v) is 3.48. The number of nitrogens with one attached hydrogen (secondary N) is 1. The maximum Gasteiger partial charge on any atom is 0.251 e. The van der Waals surface area contributed by atoms with Gasteiger partial charge in [0.15, 0.2) is 0 Å². The van der Waals surface area contributed by atoms with E-state index in [1.54, 1.807) is 23.2 Å². The monoisotopic (exact) mass is 388 g/mol. The van der Waals surface area contributed by atoms with E-state index in [4.69, 9.17) is 0 Å². The molecule has 4 rings (SSSR count). The predicted octanol–water partition coefficient (Wildman–Crippen LogP) is 3.31. The third kappa shape index (κ3) is 4.21. The zero-order chi connectivity index (χ0) is 20.2. The molecule has 6 nitrogen and oxygen atoms in total. The minimum absolute atomic E-state index is 0.0916. The van der Waals surface area contributed by atoms with E-state index in [0.29, 0.717) is 31.6 Å². The quantitative estimate of drug-likeness (QED) is 0.704. The lowest BCUT2D eigenvalue weighted by atomic mass is 10.1. The highest BCUT2D eigenvalue weighted by atomic mass is 16.2. The number of nitrogens with zero attached hydrogens (tertiary/aromatic N) is 3. The Morgan fingerprint density at radius 2 is 1.69 bits per heavy atom. The molecule has 0 unspecified atom stereocenters. The molecule has 1 aliphatic rings. The molecule has 1 aliphatic heterocycles. The van der Waals surface area contributed by atoms with Crippen LogP contribution in [0.5, 0.6) is 0 Å². The molecule has 6 heteroatoms. The number of amides is 2. The molecule has 0 radical (unpaired) electrons. The van der Waals surface area contributed by atoms with E-state index in [1.807, 2.05) is 35.0 Å². The van der Waals surface area contributed by atoms with Crippen molar-refractivity contribution in [3.63, 3.8) is 0 Å². The van der Waals surface area contributed by atoms with Gasteiger partial charge in [-0.15, -0.1) is 0 Å². The maximum atomic E-state index is 12.4. The van der Waals surface area contributed by atoms with Gasteiger partial charge in [-0.3, -0.25) is 14.5 Å². The van der Waals surface area contributed by atoms with Crippen molar-refractivity contribution < 1.29 is 9.59 Å². The number of benzene rings is 2. The van der Waals surface area contributed by atoms with Gasteiger partial charge in [0.25, 0.3) is 5.91 Å². The Morgan fingerprint density at radius 3 is 2.41 bits per heavy atom. The molecule has 0 saturated heterocycles. The Hall–Kier alpha value is -3.41. The molecule has 3 aromatic rings. The van der Waals surface area contributed by atoms with Gasteiger partial charge in [-0.2, -0.15) is 5.10 Å². The number of carbonyl (C=O) groups is 2. The number of fused-ring (bicyclic) bond motifs is 1. The second kappa shape index (κ2) is 8.31. The summed E-state index contributed by atoms with van der Waals surface area (Å²) < 4.78 is 1.84. The van der Waals surface area contributed by atoms with Crippen molar-refractivity contribution in [3.05, 3.63) is 83.0 Å². The SMILES string of the molecule is CCc1ccc(CNC(=O)c2ccc(CN3C(=O)CCn4nccc43)cc2)cc1. The van der Waals surface area contributed by atoms with Gasteiger partial charge in [-0.05, 0) is 35.2 Å². The van der Waals surface area contributed by atoms with Crippen molar-refractivity contribution >= 4 is 17.6 Å². The molecule has 0 aliphatic carbocycles. The number of aryl methyl sites for hydroxylation is 2. The van der Waals surface area contributed by atoms with Crippen molar-refractivity contribution in [1.82, 2.24) is 15.1 Å². The number of hydrogen-bond acceptors (Lipinski definition) is 3. The van der Waals surface area contributed by atoms with Gasteiger partial charge in [0.2, 0.25) is 5.91 Å². The largest absolute Gasteiger partial charge is 0.348 e. The van der Waals surface area contributed by atoms with E-state index in [-0.39, 0.29) is 11.8 Å². The highest BCUT2D eigenvalue weighted by molar-refractivity contribution is 5.95. The lowest BCUT2D eigenvalue weighted by Crippen LogP contribution is -2.36. The van der Waals surface area contributed by atoms with E-state index in [2.05, 4.69) is 29.5 Å². The van der Waals surface area contributed by atoms with Crippen LogP contribution in [0, 0.1) is 0 Å². The second-order valence-corrected chi connectivity index (χ2v) is 7.19. The summed E-state index contributed by atoms with van der Waals surface area (Å²) in [7, 11) is 0. The molecule has 0 atom stereocenters. The van der Waals surface area contributed by atoms with Crippen molar-refractivity contribution in [3.8, 4) is 0 Å². The summed E-state index contributed by atoms with van der Waals surface area (Å²) >= 11 is 0. The number of rotatable bonds is 6. The standard InChI is InChI=1S/C23H24N4O2/c1-2-17-3-5-18(6-4-17)15-24-23(29)20-9-7-19(8-10-20)16-26-21-11-13-25-27(21)14-12-22(26)28/h3-11,13H,2,12,14-16H2,1H3,(H,24,29). The van der Waals surface area contributed by atoms with Gasteiger partial charge >= 0.3 is 0 Å². The molecule has 29 heavy (non-hydrogen) atoms. The van der Waals surface area contributed by atoms with E-state index < -0.39 is 0 Å². The number of aromatic nitrogens is 2. The van der Waals surface area contributed by atoms with Crippen molar-refractivity contribution in [2.24, 2.45) is 0 Å². The number of hydrogen-bond donors (Lipinski definition) is 1. The highest BCUT2D eigenvalue weighted by Crippen LogP contribution is 2.23. The van der Waals surface area contributed by atoms with E-state index >= 15 is 0 Å². The molecule has 0 fully saturated rings. The summed E-state index contributed by atoms with van der Waals surface area (Å²) in [5.74, 6) is 0.800. The predicted molar refractivity (Wildman–Crippen MR) is 111 cm³/mol. The summed E-state index contributed by atoms with van der Waals surface area (Å²) in [5, 5.41) is 7.20. The van der Waals surface area contributed by atoms with Crippen LogP contribution < -0.4 is 10.2 Å². The average molecular weight is 388 g/mol. The van der Waals surface area contributed by atoms with E-state index in [1.165, 1.54) is 5.56 Å². The van der Waals surface area contributed by atoms with Crippen LogP contribution in [0.25, 0.3) is 0 Å². The average Bonchev–Trinajstić information content (AvgIpc) is 3.24. The molecular weight excluding hydrogens is 364 g/mol. The maximum absolute atomic E-state index is 12.4. The topological polar surface area (TPSA) is 67.2 Å². The summed E-state index contributed by atoms with van der Waals surface area (Å²) in [6.07, 6.45) is 3.17. The Labute approximate surface area is 170 Å². The minimum atomic E-state index is -0.108. The van der Waals surface area contributed by atoms with Crippen molar-refractivity contribution in [2.75, 3.05) is 4.90 Å². The van der Waals surface area contributed by atoms with Crippen LogP contribution in [-0.2, 0) is 30.8 Å². The summed E-state index contributed by atoms with van der Waals surface area (Å²) in [6, 6.07) is 17.5. The molecule has 2 aromatic carbocycles. The van der Waals surface area contributed by atoms with Crippen LogP contribution >= 0.6 is 0 Å². The van der Waals surface area contributed by atoms with Gasteiger partial charge in [-0.1, -0.05) is 43.3 Å². The smallest absolute Gasteiger partial charge is 0.251 e. The lowest BCUT2D eigenvalue weighted by molar-refractivity contribution is -0.119. The van der Waals surface area contributed by atoms with Crippen LogP contribution in [0.1, 0.15) is 40.4 Å². The highest BCUT2D eigenvalue weighted by Gasteiger charge is 2.24. The molecule has 148 valence electrons. The van der Waals surface area contributed by atoms with Crippen LogP contribution in [0.2, 0.25) is 0 Å². The summed E-state index contributed by atoms with van der Waals surface area (Å²) in [6.45, 7) is 3.71. The first-order chi connectivity index (χ1) is 14.1. The van der Waals surface area contributed by atoms with Crippen LogP contribution in [0.3, 0.4) is 0 Å². The Balaban J connectivity index is 1.37. The van der Waals surface area contributed by atoms with Gasteiger partial charge in [-0.25, -0.2) is 4.68 Å². The van der Waals surface area contributed by atoms with E-state index in [0.717, 1.165) is 23.4 Å². The van der Waals surface area contributed by atoms with Crippen LogP contribution in [0.15, 0.2) is 60.8 Å². The van der Waals surface area contributed by atoms with Gasteiger partial charge in [0.05, 0.1) is 19.3 Å². The first kappa shape index (κ1) is 18.9. The lowest BCUT2D eigenvalue weighted by Gasteiger charge is -2.27. The second-order valence-electron chi connectivity index (χ2n) is 7.19. The Kier molecular flexibility index (Phi) is 5.42. The molecule has 1 aromatic heterocycles. The fraction of sp³-hybridized carbons (Fsp3) is 0.261. The number of carbonyl (C=O) groups excluding carboxylic acids is 2. The molecular formula is C23H24N4O2. The molecule has 0 saturated carbocycles. The third-order valence-corrected chi connectivity index (χ3v) is 5.25. The van der Waals surface area contributed by atoms with Crippen molar-refractivity contribution in [2.45, 2.75) is 39.4 Å². The van der Waals surface area contributed by atoms with Crippen LogP contribution in [0.4, 0.5) is 5.82 Å². The zero-order valence-electron chi connectivity index (χ0n) is 16.5. The van der Waals surface area contributed by atoms with Crippen molar-refractivity contribution in [1.29, 1.82) is 0 Å².